The van der Waals surface area contributed by atoms with Gasteiger partial charge in [0.2, 0.25) is 0 Å². The van der Waals surface area contributed by atoms with E-state index in [2.05, 4.69) is 21.3 Å². The molecule has 2 N–H and O–H groups in total. The first-order valence-electron chi connectivity index (χ1n) is 13.3. The fraction of sp³-hybridized carbons (Fsp3) is 0.367. The fourth-order valence-electron chi connectivity index (χ4n) is 4.97. The normalized spacial score (nSPS) is 15.8. The molecule has 5 rings (SSSR count). The van der Waals surface area contributed by atoms with Gasteiger partial charge in [0.25, 0.3) is 0 Å². The van der Waals surface area contributed by atoms with Crippen molar-refractivity contribution in [3.8, 4) is 17.2 Å². The highest BCUT2D eigenvalue weighted by Gasteiger charge is 2.29. The van der Waals surface area contributed by atoms with Gasteiger partial charge in [-0.2, -0.15) is 5.26 Å². The molecule has 1 saturated carbocycles. The molecule has 0 spiro atoms. The van der Waals surface area contributed by atoms with Crippen LogP contribution in [0.5, 0.6) is 0 Å². The fourth-order valence-corrected chi connectivity index (χ4v) is 4.97. The number of ether oxygens (including phenoxy) is 1. The van der Waals surface area contributed by atoms with E-state index in [1.807, 2.05) is 42.5 Å². The van der Waals surface area contributed by atoms with Crippen LogP contribution in [0.4, 0.5) is 17.3 Å². The van der Waals surface area contributed by atoms with Gasteiger partial charge in [0.1, 0.15) is 11.6 Å². The summed E-state index contributed by atoms with van der Waals surface area (Å²) in [6.07, 6.45) is 6.53. The van der Waals surface area contributed by atoms with Gasteiger partial charge in [-0.25, -0.2) is 14.8 Å². The lowest BCUT2D eigenvalue weighted by atomic mass is 9.78. The highest BCUT2D eigenvalue weighted by Crippen LogP contribution is 2.38. The number of esters is 1. The topological polar surface area (TPSA) is 115 Å². The van der Waals surface area contributed by atoms with Crippen LogP contribution in [0.25, 0.3) is 11.1 Å². The van der Waals surface area contributed by atoms with E-state index >= 15 is 0 Å². The number of para-hydroxylation sites is 1. The molecule has 0 amide bonds. The average molecular weight is 509 g/mol. The van der Waals surface area contributed by atoms with Gasteiger partial charge in [-0.05, 0) is 68.5 Å². The predicted molar refractivity (Wildman–Crippen MR) is 148 cm³/mol. The number of rotatable bonds is 8. The van der Waals surface area contributed by atoms with Crippen LogP contribution in [-0.2, 0) is 4.74 Å². The largest absolute Gasteiger partial charge is 0.461 e. The number of nitrogens with zero attached hydrogens (tertiary/aromatic N) is 4. The Labute approximate surface area is 223 Å². The maximum atomic E-state index is 12.8. The number of aromatic nitrogens is 2. The van der Waals surface area contributed by atoms with Gasteiger partial charge in [0.05, 0.1) is 12.7 Å². The van der Waals surface area contributed by atoms with Crippen LogP contribution < -0.4 is 10.2 Å². The van der Waals surface area contributed by atoms with E-state index in [0.717, 1.165) is 67.8 Å². The van der Waals surface area contributed by atoms with E-state index < -0.39 is 5.97 Å². The van der Waals surface area contributed by atoms with Crippen molar-refractivity contribution >= 4 is 29.0 Å². The summed E-state index contributed by atoms with van der Waals surface area (Å²) in [6, 6.07) is 17.7. The SMILES string of the molecule is CCOC(=O)c1cc(-c2ccc(N3CCC(C#N)CC3)nc2)c(C(=N)C2CCC2)c(Nc2ccccc2)n1. The number of benzene rings is 1. The maximum absolute atomic E-state index is 12.8. The minimum atomic E-state index is -0.503. The lowest BCUT2D eigenvalue weighted by Gasteiger charge is -2.30. The summed E-state index contributed by atoms with van der Waals surface area (Å²) in [5.41, 5.74) is 3.77. The van der Waals surface area contributed by atoms with Gasteiger partial charge in [0.15, 0.2) is 5.69 Å². The number of nitriles is 1. The Morgan fingerprint density at radius 1 is 1.16 bits per heavy atom. The van der Waals surface area contributed by atoms with Crippen molar-refractivity contribution in [2.75, 3.05) is 29.9 Å². The maximum Gasteiger partial charge on any atom is 0.357 e. The Morgan fingerprint density at radius 2 is 1.92 bits per heavy atom. The molecule has 2 fully saturated rings. The van der Waals surface area contributed by atoms with E-state index in [1.165, 1.54) is 0 Å². The third kappa shape index (κ3) is 5.37. The first-order valence-corrected chi connectivity index (χ1v) is 13.3. The van der Waals surface area contributed by atoms with E-state index in [9.17, 15) is 10.1 Å². The third-order valence-electron chi connectivity index (χ3n) is 7.38. The average Bonchev–Trinajstić information content (AvgIpc) is 2.92. The molecular formula is C30H32N6O2. The molecule has 0 unspecified atom stereocenters. The van der Waals surface area contributed by atoms with Crippen molar-refractivity contribution in [1.29, 1.82) is 10.7 Å². The van der Waals surface area contributed by atoms with Crippen LogP contribution in [0.1, 0.15) is 55.1 Å². The van der Waals surface area contributed by atoms with Gasteiger partial charge in [-0.3, -0.25) is 0 Å². The molecule has 1 aromatic carbocycles. The van der Waals surface area contributed by atoms with Gasteiger partial charge < -0.3 is 20.4 Å². The number of carbonyl (C=O) groups excluding carboxylic acids is 1. The minimum Gasteiger partial charge on any atom is -0.461 e. The Morgan fingerprint density at radius 3 is 2.53 bits per heavy atom. The first-order chi connectivity index (χ1) is 18.6. The quantitative estimate of drug-likeness (QED) is 0.284. The smallest absolute Gasteiger partial charge is 0.357 e. The lowest BCUT2D eigenvalue weighted by molar-refractivity contribution is 0.0519. The summed E-state index contributed by atoms with van der Waals surface area (Å²) in [6.45, 7) is 3.62. The second-order valence-electron chi connectivity index (χ2n) is 9.83. The Kier molecular flexibility index (Phi) is 7.64. The Hall–Kier alpha value is -4.25. The summed E-state index contributed by atoms with van der Waals surface area (Å²) in [4.78, 5) is 24.4. The molecule has 2 aliphatic rings. The van der Waals surface area contributed by atoms with E-state index in [4.69, 9.17) is 15.1 Å². The first kappa shape index (κ1) is 25.4. The molecule has 1 saturated heterocycles. The van der Waals surface area contributed by atoms with Crippen molar-refractivity contribution < 1.29 is 9.53 Å². The highest BCUT2D eigenvalue weighted by molar-refractivity contribution is 6.10. The monoisotopic (exact) mass is 508 g/mol. The molecule has 8 heteroatoms. The van der Waals surface area contributed by atoms with Gasteiger partial charge in [-0.1, -0.05) is 24.6 Å². The minimum absolute atomic E-state index is 0.110. The summed E-state index contributed by atoms with van der Waals surface area (Å²) in [5.74, 6) is 1.10. The van der Waals surface area contributed by atoms with Crippen LogP contribution in [0, 0.1) is 28.6 Å². The molecular weight excluding hydrogens is 476 g/mol. The standard InChI is InChI=1S/C30H32N6O2/c1-2-38-30(37)25-17-24(22-11-12-26(33-19-22)36-15-13-20(18-31)14-16-36)27(28(32)21-7-6-8-21)29(35-25)34-23-9-4-3-5-10-23/h3-5,9-12,17,19-21,32H,2,6-8,13-16H2,1H3,(H,34,35). The summed E-state index contributed by atoms with van der Waals surface area (Å²) in [5, 5.41) is 21.7. The second kappa shape index (κ2) is 11.4. The van der Waals surface area contributed by atoms with E-state index in [1.54, 1.807) is 19.2 Å². The van der Waals surface area contributed by atoms with Crippen LogP contribution in [-0.4, -0.2) is 41.3 Å². The summed E-state index contributed by atoms with van der Waals surface area (Å²) < 4.78 is 5.29. The number of hydrogen-bond donors (Lipinski definition) is 2. The van der Waals surface area contributed by atoms with Crippen LogP contribution in [0.15, 0.2) is 54.7 Å². The van der Waals surface area contributed by atoms with Gasteiger partial charge in [-0.15, -0.1) is 0 Å². The lowest BCUT2D eigenvalue weighted by Crippen LogP contribution is -2.33. The molecule has 1 aliphatic heterocycles. The van der Waals surface area contributed by atoms with Crippen LogP contribution in [0.3, 0.4) is 0 Å². The van der Waals surface area contributed by atoms with Gasteiger partial charge in [0, 0.05) is 53.6 Å². The van der Waals surface area contributed by atoms with Crippen molar-refractivity contribution in [2.24, 2.45) is 11.8 Å². The van der Waals surface area contributed by atoms with Crippen molar-refractivity contribution in [3.05, 3.63) is 66.0 Å². The second-order valence-corrected chi connectivity index (χ2v) is 9.83. The molecule has 0 bridgehead atoms. The molecule has 0 atom stereocenters. The van der Waals surface area contributed by atoms with E-state index in [-0.39, 0.29) is 24.1 Å². The zero-order valence-corrected chi connectivity index (χ0v) is 21.6. The molecule has 2 aromatic heterocycles. The number of pyridine rings is 2. The molecule has 3 heterocycles. The van der Waals surface area contributed by atoms with Crippen molar-refractivity contribution in [2.45, 2.75) is 39.0 Å². The van der Waals surface area contributed by atoms with Crippen LogP contribution in [0.2, 0.25) is 0 Å². The number of carbonyl (C=O) groups is 1. The van der Waals surface area contributed by atoms with Crippen LogP contribution >= 0.6 is 0 Å². The molecule has 1 aliphatic carbocycles. The Balaban J connectivity index is 1.57. The number of anilines is 3. The highest BCUT2D eigenvalue weighted by atomic mass is 16.5. The molecule has 0 radical (unpaired) electrons. The zero-order chi connectivity index (χ0) is 26.5. The number of hydrogen-bond acceptors (Lipinski definition) is 8. The molecule has 194 valence electrons. The van der Waals surface area contributed by atoms with Crippen molar-refractivity contribution in [1.82, 2.24) is 9.97 Å². The van der Waals surface area contributed by atoms with E-state index in [0.29, 0.717) is 17.1 Å². The summed E-state index contributed by atoms with van der Waals surface area (Å²) in [7, 11) is 0. The predicted octanol–water partition coefficient (Wildman–Crippen LogP) is 5.97. The number of piperidine rings is 1. The molecule has 8 nitrogen and oxygen atoms in total. The van der Waals surface area contributed by atoms with Gasteiger partial charge >= 0.3 is 5.97 Å². The van der Waals surface area contributed by atoms with Crippen molar-refractivity contribution in [3.63, 3.8) is 0 Å². The molecule has 3 aromatic rings. The molecule has 38 heavy (non-hydrogen) atoms. The summed E-state index contributed by atoms with van der Waals surface area (Å²) >= 11 is 0. The number of nitrogens with one attached hydrogen (secondary N) is 2. The Bertz CT molecular complexity index is 1340. The zero-order valence-electron chi connectivity index (χ0n) is 21.6. The third-order valence-corrected chi connectivity index (χ3v) is 7.38.